The summed E-state index contributed by atoms with van der Waals surface area (Å²) >= 11 is 1.52. The normalized spacial score (nSPS) is 24.2. The highest BCUT2D eigenvalue weighted by atomic mass is 32.2. The fraction of sp³-hybridized carbons (Fsp3) is 0.667. The molecule has 0 radical (unpaired) electrons. The summed E-state index contributed by atoms with van der Waals surface area (Å²) in [6.07, 6.45) is 3.52. The minimum absolute atomic E-state index is 0.0939. The first-order valence-corrected chi connectivity index (χ1v) is 11.8. The largest absolute Gasteiger partial charge is 0.315 e. The van der Waals surface area contributed by atoms with Gasteiger partial charge < -0.3 is 5.32 Å². The quantitative estimate of drug-likeness (QED) is 0.825. The van der Waals surface area contributed by atoms with Gasteiger partial charge in [-0.1, -0.05) is 13.8 Å². The van der Waals surface area contributed by atoms with E-state index in [4.69, 9.17) is 0 Å². The van der Waals surface area contributed by atoms with Crippen LogP contribution in [0, 0.1) is 17.2 Å². The number of thiophene rings is 1. The van der Waals surface area contributed by atoms with E-state index in [9.17, 15) is 18.5 Å². The number of fused-ring (bicyclic) bond motifs is 1. The number of rotatable bonds is 5. The van der Waals surface area contributed by atoms with Crippen LogP contribution < -0.4 is 5.32 Å². The number of sulfone groups is 1. The number of carbonyl (C=O) groups excluding carboxylic acids is 1. The molecule has 1 amide bonds. The van der Waals surface area contributed by atoms with Crippen molar-refractivity contribution in [2.75, 3.05) is 29.9 Å². The maximum Gasteiger partial charge on any atom is 0.239 e. The number of nitrogens with one attached hydrogen (secondary N) is 1. The highest BCUT2D eigenvalue weighted by molar-refractivity contribution is 7.91. The van der Waals surface area contributed by atoms with Gasteiger partial charge in [-0.25, -0.2) is 8.42 Å². The van der Waals surface area contributed by atoms with Crippen molar-refractivity contribution in [3.8, 4) is 6.07 Å². The number of anilines is 1. The second kappa shape index (κ2) is 7.67. The molecule has 1 aliphatic carbocycles. The zero-order valence-electron chi connectivity index (χ0n) is 15.2. The van der Waals surface area contributed by atoms with Crippen LogP contribution in [0.25, 0.3) is 0 Å². The molecule has 2 heterocycles. The number of hydrogen-bond donors (Lipinski definition) is 1. The van der Waals surface area contributed by atoms with E-state index in [2.05, 4.69) is 18.3 Å². The van der Waals surface area contributed by atoms with Crippen LogP contribution in [0.3, 0.4) is 0 Å². The van der Waals surface area contributed by atoms with E-state index in [-0.39, 0.29) is 30.0 Å². The highest BCUT2D eigenvalue weighted by Crippen LogP contribution is 2.39. The van der Waals surface area contributed by atoms with Crippen molar-refractivity contribution >= 4 is 32.1 Å². The first-order chi connectivity index (χ1) is 12.3. The van der Waals surface area contributed by atoms with Gasteiger partial charge in [-0.3, -0.25) is 9.69 Å². The third-order valence-electron chi connectivity index (χ3n) is 5.35. The van der Waals surface area contributed by atoms with Crippen molar-refractivity contribution in [1.82, 2.24) is 4.90 Å². The number of carbonyl (C=O) groups is 1. The van der Waals surface area contributed by atoms with Crippen LogP contribution in [0.5, 0.6) is 0 Å². The summed E-state index contributed by atoms with van der Waals surface area (Å²) in [5.41, 5.74) is 1.71. The van der Waals surface area contributed by atoms with Gasteiger partial charge in [0, 0.05) is 10.9 Å². The lowest BCUT2D eigenvalue weighted by Crippen LogP contribution is -2.41. The number of nitrogens with zero attached hydrogens (tertiary/aromatic N) is 2. The van der Waals surface area contributed by atoms with Crippen molar-refractivity contribution in [3.63, 3.8) is 0 Å². The summed E-state index contributed by atoms with van der Waals surface area (Å²) < 4.78 is 23.4. The van der Waals surface area contributed by atoms with Gasteiger partial charge in [0.2, 0.25) is 5.91 Å². The van der Waals surface area contributed by atoms with E-state index in [1.807, 2.05) is 11.8 Å². The van der Waals surface area contributed by atoms with Crippen molar-refractivity contribution in [1.29, 1.82) is 5.26 Å². The Hall–Kier alpha value is -1.43. The SMILES string of the molecule is CCN(CC(=O)Nc1sc2c(c1C#N)CC[C@H](C)C2)[C@H]1CCS(=O)(=O)C1. The summed E-state index contributed by atoms with van der Waals surface area (Å²) in [7, 11) is -2.98. The van der Waals surface area contributed by atoms with Crippen LogP contribution in [0.1, 0.15) is 42.7 Å². The van der Waals surface area contributed by atoms with Crippen molar-refractivity contribution in [3.05, 3.63) is 16.0 Å². The topological polar surface area (TPSA) is 90.3 Å². The zero-order valence-corrected chi connectivity index (χ0v) is 16.9. The molecule has 2 atom stereocenters. The van der Waals surface area contributed by atoms with Gasteiger partial charge >= 0.3 is 0 Å². The molecule has 1 N–H and O–H groups in total. The molecule has 8 heteroatoms. The lowest BCUT2D eigenvalue weighted by molar-refractivity contribution is -0.117. The van der Waals surface area contributed by atoms with Crippen LogP contribution in [-0.2, 0) is 27.5 Å². The maximum atomic E-state index is 12.5. The molecule has 6 nitrogen and oxygen atoms in total. The number of nitriles is 1. The van der Waals surface area contributed by atoms with E-state index in [1.165, 1.54) is 16.2 Å². The third-order valence-corrected chi connectivity index (χ3v) is 8.27. The molecule has 0 spiro atoms. The van der Waals surface area contributed by atoms with E-state index in [1.54, 1.807) is 0 Å². The molecule has 1 aromatic heterocycles. The number of hydrogen-bond acceptors (Lipinski definition) is 6. The second-order valence-corrected chi connectivity index (χ2v) is 10.7. The summed E-state index contributed by atoms with van der Waals surface area (Å²) in [6.45, 7) is 4.92. The summed E-state index contributed by atoms with van der Waals surface area (Å²) in [5.74, 6) is 0.753. The van der Waals surface area contributed by atoms with Gasteiger partial charge in [-0.15, -0.1) is 11.3 Å². The molecule has 0 saturated carbocycles. The van der Waals surface area contributed by atoms with Crippen LogP contribution in [-0.4, -0.2) is 49.9 Å². The molecule has 3 rings (SSSR count). The smallest absolute Gasteiger partial charge is 0.239 e. The molecule has 1 saturated heterocycles. The Morgan fingerprint density at radius 2 is 2.19 bits per heavy atom. The Morgan fingerprint density at radius 1 is 1.42 bits per heavy atom. The Labute approximate surface area is 159 Å². The molecule has 1 aromatic rings. The molecule has 0 unspecified atom stereocenters. The fourth-order valence-electron chi connectivity index (χ4n) is 3.87. The third kappa shape index (κ3) is 4.11. The summed E-state index contributed by atoms with van der Waals surface area (Å²) in [4.78, 5) is 15.7. The molecular weight excluding hydrogens is 370 g/mol. The molecular formula is C18H25N3O3S2. The molecule has 0 bridgehead atoms. The molecule has 0 aromatic carbocycles. The molecule has 2 aliphatic rings. The number of likely N-dealkylation sites (N-methyl/N-ethyl adjacent to an activating group) is 1. The lowest BCUT2D eigenvalue weighted by Gasteiger charge is -2.25. The van der Waals surface area contributed by atoms with Crippen LogP contribution in [0.4, 0.5) is 5.00 Å². The predicted molar refractivity (Wildman–Crippen MR) is 103 cm³/mol. The van der Waals surface area contributed by atoms with Crippen molar-refractivity contribution in [2.24, 2.45) is 5.92 Å². The Kier molecular flexibility index (Phi) is 5.70. The average Bonchev–Trinajstić information content (AvgIpc) is 3.11. The highest BCUT2D eigenvalue weighted by Gasteiger charge is 2.32. The standard InChI is InChI=1S/C18H25N3O3S2/c1-3-21(13-6-7-26(23,24)11-13)10-17(22)20-18-15(9-19)14-5-4-12(2)8-16(14)25-18/h12-13H,3-8,10-11H2,1-2H3,(H,20,22)/t12-,13-/m0/s1. The minimum Gasteiger partial charge on any atom is -0.315 e. The first kappa shape index (κ1) is 19.3. The van der Waals surface area contributed by atoms with Gasteiger partial charge in [0.1, 0.15) is 11.1 Å². The van der Waals surface area contributed by atoms with Gasteiger partial charge in [0.05, 0.1) is 23.6 Å². The molecule has 142 valence electrons. The fourth-order valence-corrected chi connectivity index (χ4v) is 7.01. The summed E-state index contributed by atoms with van der Waals surface area (Å²) in [6, 6.07) is 2.17. The summed E-state index contributed by atoms with van der Waals surface area (Å²) in [5, 5.41) is 13.1. The Bertz CT molecular complexity index is 839. The van der Waals surface area contributed by atoms with Gasteiger partial charge in [-0.05, 0) is 43.7 Å². The zero-order chi connectivity index (χ0) is 18.9. The van der Waals surface area contributed by atoms with Crippen molar-refractivity contribution in [2.45, 2.75) is 45.6 Å². The first-order valence-electron chi connectivity index (χ1n) is 9.12. The molecule has 1 fully saturated rings. The van der Waals surface area contributed by atoms with Crippen LogP contribution >= 0.6 is 11.3 Å². The van der Waals surface area contributed by atoms with Gasteiger partial charge in [-0.2, -0.15) is 5.26 Å². The molecule has 26 heavy (non-hydrogen) atoms. The Balaban J connectivity index is 1.69. The molecule has 1 aliphatic heterocycles. The predicted octanol–water partition coefficient (Wildman–Crippen LogP) is 2.19. The van der Waals surface area contributed by atoms with Gasteiger partial charge in [0.25, 0.3) is 0 Å². The van der Waals surface area contributed by atoms with E-state index in [0.717, 1.165) is 24.8 Å². The van der Waals surface area contributed by atoms with Crippen LogP contribution in [0.15, 0.2) is 0 Å². The second-order valence-electron chi connectivity index (χ2n) is 7.34. The van der Waals surface area contributed by atoms with E-state index >= 15 is 0 Å². The maximum absolute atomic E-state index is 12.5. The minimum atomic E-state index is -2.98. The van der Waals surface area contributed by atoms with Crippen LogP contribution in [0.2, 0.25) is 0 Å². The van der Waals surface area contributed by atoms with Gasteiger partial charge in [0.15, 0.2) is 9.84 Å². The Morgan fingerprint density at radius 3 is 2.81 bits per heavy atom. The monoisotopic (exact) mass is 395 g/mol. The van der Waals surface area contributed by atoms with Crippen molar-refractivity contribution < 1.29 is 13.2 Å². The number of amides is 1. The van der Waals surface area contributed by atoms with E-state index < -0.39 is 9.84 Å². The van der Waals surface area contributed by atoms with E-state index in [0.29, 0.717) is 29.4 Å². The average molecular weight is 396 g/mol. The lowest BCUT2D eigenvalue weighted by atomic mass is 9.89.